The van der Waals surface area contributed by atoms with Gasteiger partial charge in [-0.2, -0.15) is 26.3 Å². The highest BCUT2D eigenvalue weighted by molar-refractivity contribution is 5.85. The Balaban J connectivity index is 0.000000658. The molecule has 0 aromatic heterocycles. The molecule has 3 rings (SSSR count). The zero-order valence-electron chi connectivity index (χ0n) is 25.0. The minimum Gasteiger partial charge on any atom is -0.475 e. The fourth-order valence-electron chi connectivity index (χ4n) is 4.21. The lowest BCUT2D eigenvalue weighted by molar-refractivity contribution is -0.193. The smallest absolute Gasteiger partial charge is 0.475 e. The summed E-state index contributed by atoms with van der Waals surface area (Å²) in [7, 11) is 0. The predicted molar refractivity (Wildman–Crippen MR) is 163 cm³/mol. The van der Waals surface area contributed by atoms with E-state index in [1.807, 2.05) is 17.0 Å². The second-order valence-corrected chi connectivity index (χ2v) is 10.00. The van der Waals surface area contributed by atoms with Gasteiger partial charge in [0.1, 0.15) is 0 Å². The molecule has 1 aliphatic rings. The van der Waals surface area contributed by atoms with Gasteiger partial charge in [0.2, 0.25) is 5.91 Å². The number of alkyl halides is 6. The van der Waals surface area contributed by atoms with Crippen LogP contribution in [0.4, 0.5) is 26.3 Å². The van der Waals surface area contributed by atoms with E-state index in [-0.39, 0.29) is 29.8 Å². The second kappa shape index (κ2) is 18.8. The van der Waals surface area contributed by atoms with Gasteiger partial charge in [0.05, 0.1) is 12.0 Å². The summed E-state index contributed by atoms with van der Waals surface area (Å²) in [4.78, 5) is 41.3. The fourth-order valence-corrected chi connectivity index (χ4v) is 4.21. The molecule has 10 N–H and O–H groups in total. The van der Waals surface area contributed by atoms with Crippen molar-refractivity contribution in [3.8, 4) is 0 Å². The summed E-state index contributed by atoms with van der Waals surface area (Å²) >= 11 is 0. The van der Waals surface area contributed by atoms with E-state index in [0.717, 1.165) is 37.7 Å². The number of carboxylic acids is 2. The van der Waals surface area contributed by atoms with Gasteiger partial charge in [-0.3, -0.25) is 14.8 Å². The number of nitrogens with zero attached hydrogens (tertiary/aromatic N) is 3. The van der Waals surface area contributed by atoms with Crippen LogP contribution in [0, 0.1) is 5.92 Å². The summed E-state index contributed by atoms with van der Waals surface area (Å²) in [5.41, 5.74) is 22.7. The van der Waals surface area contributed by atoms with Crippen molar-refractivity contribution in [1.82, 2.24) is 4.90 Å². The van der Waals surface area contributed by atoms with E-state index in [1.54, 1.807) is 0 Å². The number of carbonyl (C=O) groups is 3. The van der Waals surface area contributed by atoms with Crippen LogP contribution in [-0.2, 0) is 14.4 Å². The Morgan fingerprint density at radius 2 is 1.23 bits per heavy atom. The molecule has 18 heteroatoms. The lowest BCUT2D eigenvalue weighted by atomic mass is 9.90. The Morgan fingerprint density at radius 3 is 1.72 bits per heavy atom. The third kappa shape index (κ3) is 15.2. The van der Waals surface area contributed by atoms with E-state index in [4.69, 9.17) is 42.7 Å². The van der Waals surface area contributed by atoms with E-state index < -0.39 is 24.3 Å². The van der Waals surface area contributed by atoms with E-state index in [9.17, 15) is 31.1 Å². The van der Waals surface area contributed by atoms with Crippen LogP contribution in [0.15, 0.2) is 64.6 Å². The molecule has 47 heavy (non-hydrogen) atoms. The number of halogens is 6. The molecule has 0 spiro atoms. The molecule has 12 nitrogen and oxygen atoms in total. The summed E-state index contributed by atoms with van der Waals surface area (Å²) in [6, 6.07) is 14.6. The summed E-state index contributed by atoms with van der Waals surface area (Å²) in [6.45, 7) is 1.81. The molecular formula is C29H37F6N7O5. The van der Waals surface area contributed by atoms with E-state index >= 15 is 0 Å². The Labute approximate surface area is 265 Å². The standard InChI is InChI=1S/C25H35N7O.2C2HF3O2/c26-24(27)30-14-4-3-8-19-12-13-22(21-11-10-18-7-1-2-9-20(18)17-21)32(23(19)33)16-6-5-15-31-25(28)29;2*3-2(4,5)1(6)7/h1-2,7,9-13,17,19,22H,3-6,8,14-16H2,(H4,26,27,30)(H4,28,29,31);2*(H,6,7)/t19-,22+;;/m0../s1. The van der Waals surface area contributed by atoms with Gasteiger partial charge in [0, 0.05) is 19.6 Å². The maximum atomic E-state index is 13.5. The van der Waals surface area contributed by atoms with Crippen LogP contribution in [0.3, 0.4) is 0 Å². The number of hydrogen-bond donors (Lipinski definition) is 6. The number of rotatable bonds is 11. The lowest BCUT2D eigenvalue weighted by Gasteiger charge is -2.36. The highest BCUT2D eigenvalue weighted by Crippen LogP contribution is 2.33. The summed E-state index contributed by atoms with van der Waals surface area (Å²) in [5, 5.41) is 16.6. The topological polar surface area (TPSA) is 224 Å². The van der Waals surface area contributed by atoms with E-state index in [0.29, 0.717) is 19.6 Å². The van der Waals surface area contributed by atoms with Crippen molar-refractivity contribution in [2.45, 2.75) is 50.5 Å². The second-order valence-electron chi connectivity index (χ2n) is 10.00. The monoisotopic (exact) mass is 677 g/mol. The molecule has 0 radical (unpaired) electrons. The zero-order valence-corrected chi connectivity index (χ0v) is 25.0. The molecule has 0 fully saturated rings. The van der Waals surface area contributed by atoms with Gasteiger partial charge in [-0.05, 0) is 48.1 Å². The molecule has 2 aromatic rings. The highest BCUT2D eigenvalue weighted by atomic mass is 19.4. The Hall–Kier alpha value is -5.03. The van der Waals surface area contributed by atoms with Gasteiger partial charge in [-0.15, -0.1) is 0 Å². The van der Waals surface area contributed by atoms with Gasteiger partial charge in [-0.25, -0.2) is 9.59 Å². The first kappa shape index (κ1) is 40.0. The average Bonchev–Trinajstić information content (AvgIpc) is 2.97. The minimum atomic E-state index is -5.08. The quantitative estimate of drug-likeness (QED) is 0.0670. The maximum Gasteiger partial charge on any atom is 0.490 e. The molecule has 0 saturated carbocycles. The highest BCUT2D eigenvalue weighted by Gasteiger charge is 2.39. The maximum absolute atomic E-state index is 13.5. The van der Waals surface area contributed by atoms with Crippen molar-refractivity contribution in [2.75, 3.05) is 19.6 Å². The third-order valence-corrected chi connectivity index (χ3v) is 6.38. The number of fused-ring (bicyclic) bond motifs is 1. The molecule has 0 aliphatic carbocycles. The van der Waals surface area contributed by atoms with Crippen molar-refractivity contribution in [3.63, 3.8) is 0 Å². The Bertz CT molecular complexity index is 1400. The van der Waals surface area contributed by atoms with Crippen molar-refractivity contribution < 1.29 is 50.9 Å². The van der Waals surface area contributed by atoms with Crippen LogP contribution < -0.4 is 22.9 Å². The van der Waals surface area contributed by atoms with Gasteiger partial charge in [0.15, 0.2) is 11.9 Å². The molecule has 260 valence electrons. The lowest BCUT2D eigenvalue weighted by Crippen LogP contribution is -2.41. The fraction of sp³-hybridized carbons (Fsp3) is 0.414. The van der Waals surface area contributed by atoms with Gasteiger partial charge in [-0.1, -0.05) is 55.0 Å². The molecule has 1 aliphatic heterocycles. The number of carboxylic acid groups (broad SMARTS) is 2. The molecule has 0 saturated heterocycles. The Morgan fingerprint density at radius 1 is 0.745 bits per heavy atom. The summed E-state index contributed by atoms with van der Waals surface area (Å²) in [5.74, 6) is -5.27. The Kier molecular flexibility index (Phi) is 16.0. The first-order chi connectivity index (χ1) is 21.8. The SMILES string of the molecule is NC(N)=NCCCC[C@H]1C=C[C@H](c2ccc3ccccc3c2)N(CCCCN=C(N)N)C1=O.O=C(O)C(F)(F)F.O=C(O)C(F)(F)F. The zero-order chi connectivity index (χ0) is 35.8. The molecule has 0 unspecified atom stereocenters. The van der Waals surface area contributed by atoms with E-state index in [1.165, 1.54) is 10.8 Å². The molecule has 0 bridgehead atoms. The number of benzene rings is 2. The molecular weight excluding hydrogens is 640 g/mol. The normalized spacial score (nSPS) is 15.9. The number of unbranched alkanes of at least 4 members (excludes halogenated alkanes) is 2. The summed E-state index contributed by atoms with van der Waals surface area (Å²) in [6.07, 6.45) is -1.76. The van der Waals surface area contributed by atoms with Crippen LogP contribution in [0.1, 0.15) is 43.7 Å². The molecule has 1 heterocycles. The first-order valence-electron chi connectivity index (χ1n) is 14.0. The van der Waals surface area contributed by atoms with Gasteiger partial charge < -0.3 is 38.0 Å². The third-order valence-electron chi connectivity index (χ3n) is 6.38. The van der Waals surface area contributed by atoms with Crippen LogP contribution in [0.2, 0.25) is 0 Å². The molecule has 1 amide bonds. The summed E-state index contributed by atoms with van der Waals surface area (Å²) < 4.78 is 63.5. The first-order valence-corrected chi connectivity index (χ1v) is 14.0. The molecule has 2 atom stereocenters. The number of guanidine groups is 2. The minimum absolute atomic E-state index is 0.0805. The van der Waals surface area contributed by atoms with Crippen LogP contribution in [0.25, 0.3) is 10.8 Å². The van der Waals surface area contributed by atoms with Crippen LogP contribution in [-0.4, -0.2) is 76.9 Å². The van der Waals surface area contributed by atoms with Gasteiger partial charge >= 0.3 is 24.3 Å². The number of aliphatic imine (C=N–C) groups is 2. The number of nitrogens with two attached hydrogens (primary N) is 4. The molecule has 2 aromatic carbocycles. The average molecular weight is 678 g/mol. The predicted octanol–water partition coefficient (Wildman–Crippen LogP) is 3.66. The van der Waals surface area contributed by atoms with Crippen LogP contribution >= 0.6 is 0 Å². The number of carbonyl (C=O) groups excluding carboxylic acids is 1. The van der Waals surface area contributed by atoms with Gasteiger partial charge in [0.25, 0.3) is 0 Å². The largest absolute Gasteiger partial charge is 0.490 e. The van der Waals surface area contributed by atoms with E-state index in [2.05, 4.69) is 52.5 Å². The van der Waals surface area contributed by atoms with Crippen molar-refractivity contribution in [3.05, 3.63) is 60.2 Å². The number of hydrogen-bond acceptors (Lipinski definition) is 5. The van der Waals surface area contributed by atoms with Crippen molar-refractivity contribution in [1.29, 1.82) is 0 Å². The van der Waals surface area contributed by atoms with Crippen molar-refractivity contribution >= 4 is 40.5 Å². The van der Waals surface area contributed by atoms with Crippen LogP contribution in [0.5, 0.6) is 0 Å². The van der Waals surface area contributed by atoms with Crippen molar-refractivity contribution in [2.24, 2.45) is 38.8 Å². The number of aliphatic carboxylic acids is 2. The number of amides is 1.